The molecule has 1 aliphatic rings. The van der Waals surface area contributed by atoms with Crippen LogP contribution in [0.15, 0.2) is 80.4 Å². The fraction of sp³-hybridized carbons (Fsp3) is 0.0870. The third kappa shape index (κ3) is 2.60. The number of rotatable bonds is 1. The Kier molecular flexibility index (Phi) is 3.69. The highest BCUT2D eigenvalue weighted by Crippen LogP contribution is 2.46. The third-order valence-corrected chi connectivity index (χ3v) is 5.65. The van der Waals surface area contributed by atoms with E-state index in [4.69, 9.17) is 4.42 Å². The summed E-state index contributed by atoms with van der Waals surface area (Å²) in [6.07, 6.45) is 0. The van der Waals surface area contributed by atoms with Crippen LogP contribution in [0.3, 0.4) is 0 Å². The molecule has 1 aromatic heterocycles. The van der Waals surface area contributed by atoms with Gasteiger partial charge in [-0.25, -0.2) is 4.79 Å². The van der Waals surface area contributed by atoms with Crippen LogP contribution in [0, 0.1) is 6.92 Å². The molecule has 1 unspecified atom stereocenters. The molecule has 4 aromatic rings. The summed E-state index contributed by atoms with van der Waals surface area (Å²) >= 11 is 3.50. The zero-order valence-corrected chi connectivity index (χ0v) is 16.2. The second-order valence-corrected chi connectivity index (χ2v) is 7.79. The number of anilines is 2. The van der Waals surface area contributed by atoms with Gasteiger partial charge in [0.25, 0.3) is 0 Å². The van der Waals surface area contributed by atoms with E-state index < -0.39 is 0 Å². The number of nitrogens with one attached hydrogen (secondary N) is 1. The summed E-state index contributed by atoms with van der Waals surface area (Å²) in [6, 6.07) is 22.1. The molecule has 3 aromatic carbocycles. The molecule has 132 valence electrons. The first-order valence-electron chi connectivity index (χ1n) is 8.80. The highest BCUT2D eigenvalue weighted by Gasteiger charge is 2.32. The Labute approximate surface area is 164 Å². The van der Waals surface area contributed by atoms with Crippen LogP contribution in [0.5, 0.6) is 0 Å². The van der Waals surface area contributed by atoms with E-state index >= 15 is 0 Å². The molecule has 1 N–H and O–H groups in total. The second-order valence-electron chi connectivity index (χ2n) is 6.87. The Balaban J connectivity index is 1.87. The van der Waals surface area contributed by atoms with Crippen molar-refractivity contribution in [3.63, 3.8) is 0 Å². The van der Waals surface area contributed by atoms with Crippen LogP contribution in [-0.2, 0) is 0 Å². The zero-order valence-electron chi connectivity index (χ0n) is 14.6. The third-order valence-electron chi connectivity index (χ3n) is 5.12. The van der Waals surface area contributed by atoms with Gasteiger partial charge in [-0.1, -0.05) is 57.9 Å². The maximum absolute atomic E-state index is 13.0. The molecule has 3 nitrogen and oxygen atoms in total. The first kappa shape index (κ1) is 16.3. The molecular weight excluding hydrogens is 402 g/mol. The summed E-state index contributed by atoms with van der Waals surface area (Å²) < 4.78 is 6.69. The number of aryl methyl sites for hydroxylation is 1. The molecule has 2 heterocycles. The monoisotopic (exact) mass is 417 g/mol. The molecule has 0 saturated carbocycles. The molecule has 4 heteroatoms. The molecular formula is C23H16BrNO2. The van der Waals surface area contributed by atoms with Crippen LogP contribution >= 0.6 is 15.9 Å². The number of hydrogen-bond acceptors (Lipinski definition) is 3. The maximum Gasteiger partial charge on any atom is 0.342 e. The smallest absolute Gasteiger partial charge is 0.342 e. The highest BCUT2D eigenvalue weighted by molar-refractivity contribution is 9.10. The van der Waals surface area contributed by atoms with E-state index in [1.165, 1.54) is 0 Å². The molecule has 0 bridgehead atoms. The number of halogens is 1. The van der Waals surface area contributed by atoms with Crippen molar-refractivity contribution in [2.45, 2.75) is 12.8 Å². The standard InChI is InChI=1S/C23H16BrNO2/c1-13-6-11-18-17(12-13)20(14-7-9-15(24)10-8-14)21-22(25-18)16-4-2-3-5-19(16)27-23(21)26/h2-12,20,25H,1H3. The van der Waals surface area contributed by atoms with Gasteiger partial charge in [0.15, 0.2) is 0 Å². The maximum atomic E-state index is 13.0. The fourth-order valence-electron chi connectivity index (χ4n) is 3.89. The summed E-state index contributed by atoms with van der Waals surface area (Å²) in [5.41, 5.74) is 6.14. The largest absolute Gasteiger partial charge is 0.422 e. The number of para-hydroxylation sites is 1. The Morgan fingerprint density at radius 1 is 1.00 bits per heavy atom. The van der Waals surface area contributed by atoms with Crippen molar-refractivity contribution in [3.05, 3.63) is 104 Å². The van der Waals surface area contributed by atoms with Gasteiger partial charge in [-0.3, -0.25) is 0 Å². The van der Waals surface area contributed by atoms with Crippen molar-refractivity contribution in [1.82, 2.24) is 0 Å². The summed E-state index contributed by atoms with van der Waals surface area (Å²) in [4.78, 5) is 13.0. The quantitative estimate of drug-likeness (QED) is 0.335. The second kappa shape index (κ2) is 6.10. The van der Waals surface area contributed by atoms with Gasteiger partial charge in [0, 0.05) is 21.5 Å². The van der Waals surface area contributed by atoms with Gasteiger partial charge in [0.2, 0.25) is 0 Å². The Morgan fingerprint density at radius 3 is 2.59 bits per heavy atom. The lowest BCUT2D eigenvalue weighted by atomic mass is 9.81. The lowest BCUT2D eigenvalue weighted by Crippen LogP contribution is -2.22. The molecule has 0 aliphatic carbocycles. The van der Waals surface area contributed by atoms with Gasteiger partial charge < -0.3 is 9.73 Å². The number of hydrogen-bond donors (Lipinski definition) is 1. The predicted octanol–water partition coefficient (Wildman–Crippen LogP) is 6.10. The molecule has 0 saturated heterocycles. The predicted molar refractivity (Wildman–Crippen MR) is 112 cm³/mol. The molecule has 0 spiro atoms. The SMILES string of the molecule is Cc1ccc2c(c1)C(c1ccc(Br)cc1)c1c(c3ccccc3oc1=O)N2. The van der Waals surface area contributed by atoms with Crippen molar-refractivity contribution in [1.29, 1.82) is 0 Å². The van der Waals surface area contributed by atoms with E-state index in [0.717, 1.165) is 37.9 Å². The van der Waals surface area contributed by atoms with Crippen LogP contribution in [0.1, 0.15) is 28.2 Å². The van der Waals surface area contributed by atoms with Crippen molar-refractivity contribution in [3.8, 4) is 0 Å². The van der Waals surface area contributed by atoms with Crippen LogP contribution in [-0.4, -0.2) is 0 Å². The van der Waals surface area contributed by atoms with E-state index in [1.54, 1.807) is 0 Å². The Morgan fingerprint density at radius 2 is 1.78 bits per heavy atom. The molecule has 0 radical (unpaired) electrons. The van der Waals surface area contributed by atoms with E-state index in [1.807, 2.05) is 36.4 Å². The molecule has 0 fully saturated rings. The van der Waals surface area contributed by atoms with Crippen LogP contribution in [0.25, 0.3) is 11.0 Å². The minimum atomic E-state index is -0.295. The summed E-state index contributed by atoms with van der Waals surface area (Å²) in [6.45, 7) is 2.07. The van der Waals surface area contributed by atoms with Crippen molar-refractivity contribution in [2.75, 3.05) is 5.32 Å². The summed E-state index contributed by atoms with van der Waals surface area (Å²) in [5, 5.41) is 4.41. The minimum absolute atomic E-state index is 0.176. The van der Waals surface area contributed by atoms with Crippen LogP contribution in [0.2, 0.25) is 0 Å². The van der Waals surface area contributed by atoms with Crippen molar-refractivity contribution >= 4 is 38.3 Å². The van der Waals surface area contributed by atoms with E-state index in [2.05, 4.69) is 58.5 Å². The number of fused-ring (bicyclic) bond motifs is 4. The normalized spacial score (nSPS) is 15.1. The average molecular weight is 418 g/mol. The first-order chi connectivity index (χ1) is 13.1. The zero-order chi connectivity index (χ0) is 18.5. The van der Waals surface area contributed by atoms with E-state index in [9.17, 15) is 4.79 Å². The lowest BCUT2D eigenvalue weighted by molar-refractivity contribution is 0.549. The Bertz CT molecular complexity index is 1240. The van der Waals surface area contributed by atoms with E-state index in [0.29, 0.717) is 11.1 Å². The average Bonchev–Trinajstić information content (AvgIpc) is 2.67. The van der Waals surface area contributed by atoms with Gasteiger partial charge >= 0.3 is 5.63 Å². The van der Waals surface area contributed by atoms with Gasteiger partial charge in [-0.2, -0.15) is 0 Å². The van der Waals surface area contributed by atoms with Gasteiger partial charge in [-0.15, -0.1) is 0 Å². The summed E-state index contributed by atoms with van der Waals surface area (Å²) in [5.74, 6) is -0.176. The van der Waals surface area contributed by atoms with Crippen LogP contribution < -0.4 is 10.9 Å². The molecule has 1 atom stereocenters. The van der Waals surface area contributed by atoms with Gasteiger partial charge in [0.05, 0.1) is 11.3 Å². The summed E-state index contributed by atoms with van der Waals surface area (Å²) in [7, 11) is 0. The molecule has 5 rings (SSSR count). The van der Waals surface area contributed by atoms with Gasteiger partial charge in [-0.05, 0) is 48.4 Å². The molecule has 27 heavy (non-hydrogen) atoms. The van der Waals surface area contributed by atoms with Crippen molar-refractivity contribution < 1.29 is 4.42 Å². The Hall–Kier alpha value is -2.85. The number of benzene rings is 3. The minimum Gasteiger partial charge on any atom is -0.422 e. The first-order valence-corrected chi connectivity index (χ1v) is 9.60. The highest BCUT2D eigenvalue weighted by atomic mass is 79.9. The van der Waals surface area contributed by atoms with Crippen molar-refractivity contribution in [2.24, 2.45) is 0 Å². The molecule has 0 amide bonds. The fourth-order valence-corrected chi connectivity index (χ4v) is 4.15. The van der Waals surface area contributed by atoms with Gasteiger partial charge in [0.1, 0.15) is 5.58 Å². The van der Waals surface area contributed by atoms with Crippen LogP contribution in [0.4, 0.5) is 11.4 Å². The molecule has 1 aliphatic heterocycles. The van der Waals surface area contributed by atoms with E-state index in [-0.39, 0.29) is 11.5 Å². The topological polar surface area (TPSA) is 42.2 Å². The lowest BCUT2D eigenvalue weighted by Gasteiger charge is -2.29.